The molecule has 6 nitrogen and oxygen atoms in total. The van der Waals surface area contributed by atoms with Crippen molar-refractivity contribution in [1.82, 2.24) is 10.2 Å². The minimum absolute atomic E-state index is 0.0687. The van der Waals surface area contributed by atoms with E-state index in [2.05, 4.69) is 20.8 Å². The molecule has 0 saturated heterocycles. The van der Waals surface area contributed by atoms with Crippen LogP contribution in [0.1, 0.15) is 36.5 Å². The Balaban J connectivity index is 1.79. The van der Waals surface area contributed by atoms with Crippen LogP contribution in [0.2, 0.25) is 10.0 Å². The lowest BCUT2D eigenvalue weighted by Crippen LogP contribution is -2.22. The van der Waals surface area contributed by atoms with Gasteiger partial charge in [0, 0.05) is 17.0 Å². The molecule has 0 saturated carbocycles. The molecule has 1 aromatic heterocycles. The molecule has 0 bridgehead atoms. The summed E-state index contributed by atoms with van der Waals surface area (Å²) in [4.78, 5) is 12.1. The molecule has 3 N–H and O–H groups in total. The number of rotatable bonds is 7. The monoisotopic (exact) mass is 480 g/mol. The van der Waals surface area contributed by atoms with Gasteiger partial charge in [0.25, 0.3) is 0 Å². The van der Waals surface area contributed by atoms with E-state index in [1.807, 2.05) is 0 Å². The van der Waals surface area contributed by atoms with Crippen molar-refractivity contribution in [2.75, 3.05) is 17.2 Å². The molecule has 0 unspecified atom stereocenters. The van der Waals surface area contributed by atoms with Crippen molar-refractivity contribution >= 4 is 40.5 Å². The third-order valence-corrected chi connectivity index (χ3v) is 5.47. The van der Waals surface area contributed by atoms with Gasteiger partial charge in [0.15, 0.2) is 5.82 Å². The van der Waals surface area contributed by atoms with Crippen molar-refractivity contribution in [3.8, 4) is 5.75 Å². The average Bonchev–Trinajstić information content (AvgIpc) is 2.74. The number of nitrogens with one attached hydrogen (secondary N) is 2. The third kappa shape index (κ3) is 5.26. The predicted octanol–water partition coefficient (Wildman–Crippen LogP) is 5.53. The molecule has 2 aromatic carbocycles. The molecule has 10 heteroatoms. The molecule has 1 amide bonds. The maximum absolute atomic E-state index is 14.9. The Kier molecular flexibility index (Phi) is 7.48. The zero-order valence-electron chi connectivity index (χ0n) is 17.2. The van der Waals surface area contributed by atoms with E-state index in [1.54, 1.807) is 19.9 Å². The van der Waals surface area contributed by atoms with Gasteiger partial charge in [-0.2, -0.15) is 10.2 Å². The lowest BCUT2D eigenvalue weighted by atomic mass is 9.95. The third-order valence-electron chi connectivity index (χ3n) is 4.74. The van der Waals surface area contributed by atoms with Crippen LogP contribution in [0.3, 0.4) is 0 Å². The lowest BCUT2D eigenvalue weighted by Gasteiger charge is -2.16. The number of carbonyl (C=O) groups excluding carboxylic acids is 1. The summed E-state index contributed by atoms with van der Waals surface area (Å²) in [5.41, 5.74) is 0.962. The number of aromatic hydroxyl groups is 1. The maximum atomic E-state index is 14.9. The second-order valence-electron chi connectivity index (χ2n) is 7.35. The Morgan fingerprint density at radius 1 is 1.16 bits per heavy atom. The molecule has 0 radical (unpaired) electrons. The smallest absolute Gasteiger partial charge is 0.243 e. The first-order valence-corrected chi connectivity index (χ1v) is 10.4. The van der Waals surface area contributed by atoms with E-state index >= 15 is 0 Å². The van der Waals surface area contributed by atoms with E-state index in [0.717, 1.165) is 0 Å². The second kappa shape index (κ2) is 10.1. The summed E-state index contributed by atoms with van der Waals surface area (Å²) in [6, 6.07) is 5.65. The van der Waals surface area contributed by atoms with Crippen molar-refractivity contribution in [2.45, 2.75) is 26.2 Å². The molecule has 0 aliphatic heterocycles. The second-order valence-corrected chi connectivity index (χ2v) is 8.13. The Morgan fingerprint density at radius 3 is 2.56 bits per heavy atom. The van der Waals surface area contributed by atoms with E-state index in [-0.39, 0.29) is 57.1 Å². The van der Waals surface area contributed by atoms with Gasteiger partial charge in [-0.3, -0.25) is 4.79 Å². The summed E-state index contributed by atoms with van der Waals surface area (Å²) in [6.07, 6.45) is 2.71. The van der Waals surface area contributed by atoms with Gasteiger partial charge in [-0.15, -0.1) is 0 Å². The number of halogens is 4. The fourth-order valence-electron chi connectivity index (χ4n) is 3.17. The van der Waals surface area contributed by atoms with E-state index in [0.29, 0.717) is 5.69 Å². The fourth-order valence-corrected chi connectivity index (χ4v) is 3.76. The summed E-state index contributed by atoms with van der Waals surface area (Å²) >= 11 is 12.5. The van der Waals surface area contributed by atoms with E-state index < -0.39 is 17.5 Å². The van der Waals surface area contributed by atoms with Crippen LogP contribution in [0.15, 0.2) is 36.7 Å². The largest absolute Gasteiger partial charge is 0.508 e. The van der Waals surface area contributed by atoms with Gasteiger partial charge in [0.2, 0.25) is 5.91 Å². The van der Waals surface area contributed by atoms with Crippen LogP contribution in [-0.4, -0.2) is 27.8 Å². The Hall–Kier alpha value is -2.97. The number of anilines is 2. The molecule has 0 atom stereocenters. The van der Waals surface area contributed by atoms with Gasteiger partial charge in [-0.05, 0) is 35.2 Å². The number of hydrogen-bond donors (Lipinski definition) is 3. The fraction of sp³-hybridized carbons (Fsp3) is 0.227. The summed E-state index contributed by atoms with van der Waals surface area (Å²) in [5, 5.41) is 22.2. The first-order chi connectivity index (χ1) is 15.2. The molecule has 32 heavy (non-hydrogen) atoms. The topological polar surface area (TPSA) is 87.1 Å². The van der Waals surface area contributed by atoms with Crippen LogP contribution in [-0.2, 0) is 11.2 Å². The standard InChI is InChI=1S/C22H20Cl2F2N4O2/c1-11(2)19-17(31)4-3-12(21(19)25)7-14-15(23)8-16(22(26)20(14)24)27-10-18(32)30-13-5-6-28-29-9-13/h3-6,8-9,11,27,31H,7,10H2,1-2H3,(H,28,30,32). The summed E-state index contributed by atoms with van der Waals surface area (Å²) < 4.78 is 29.8. The van der Waals surface area contributed by atoms with E-state index in [9.17, 15) is 18.7 Å². The normalized spacial score (nSPS) is 11.0. The highest BCUT2D eigenvalue weighted by molar-refractivity contribution is 6.36. The SMILES string of the molecule is CC(C)c1c(O)ccc(Cc2c(Cl)cc(NCC(=O)Nc3ccnnc3)c(F)c2Cl)c1F. The highest BCUT2D eigenvalue weighted by atomic mass is 35.5. The van der Waals surface area contributed by atoms with Gasteiger partial charge in [0.05, 0.1) is 35.3 Å². The highest BCUT2D eigenvalue weighted by Crippen LogP contribution is 2.37. The van der Waals surface area contributed by atoms with Gasteiger partial charge in [-0.25, -0.2) is 8.78 Å². The number of phenolic OH excluding ortho intramolecular Hbond substituents is 1. The van der Waals surface area contributed by atoms with Crippen LogP contribution in [0.4, 0.5) is 20.2 Å². The Bertz CT molecular complexity index is 1140. The first-order valence-electron chi connectivity index (χ1n) is 9.66. The quantitative estimate of drug-likeness (QED) is 0.386. The van der Waals surface area contributed by atoms with Gasteiger partial charge >= 0.3 is 0 Å². The highest BCUT2D eigenvalue weighted by Gasteiger charge is 2.21. The molecule has 3 aromatic rings. The molecular weight excluding hydrogens is 461 g/mol. The van der Waals surface area contributed by atoms with E-state index in [1.165, 1.54) is 30.6 Å². The zero-order chi connectivity index (χ0) is 23.4. The molecular formula is C22H20Cl2F2N4O2. The first kappa shape index (κ1) is 23.7. The van der Waals surface area contributed by atoms with Gasteiger partial charge < -0.3 is 15.7 Å². The van der Waals surface area contributed by atoms with Gasteiger partial charge in [-0.1, -0.05) is 43.1 Å². The molecule has 1 heterocycles. The number of hydrogen-bond acceptors (Lipinski definition) is 5. The van der Waals surface area contributed by atoms with Crippen molar-refractivity contribution in [3.05, 3.63) is 75.0 Å². The van der Waals surface area contributed by atoms with Crippen LogP contribution in [0, 0.1) is 11.6 Å². The van der Waals surface area contributed by atoms with E-state index in [4.69, 9.17) is 23.2 Å². The number of phenols is 1. The van der Waals surface area contributed by atoms with Crippen LogP contribution >= 0.6 is 23.2 Å². The summed E-state index contributed by atoms with van der Waals surface area (Å²) in [6.45, 7) is 3.25. The van der Waals surface area contributed by atoms with Crippen molar-refractivity contribution in [2.24, 2.45) is 0 Å². The number of nitrogens with zero attached hydrogens (tertiary/aromatic N) is 2. The van der Waals surface area contributed by atoms with Crippen molar-refractivity contribution in [1.29, 1.82) is 0 Å². The molecule has 0 spiro atoms. The molecule has 168 valence electrons. The minimum atomic E-state index is -0.812. The molecule has 3 rings (SSSR count). The maximum Gasteiger partial charge on any atom is 0.243 e. The lowest BCUT2D eigenvalue weighted by molar-refractivity contribution is -0.114. The number of carbonyl (C=O) groups is 1. The molecule has 0 aliphatic carbocycles. The zero-order valence-corrected chi connectivity index (χ0v) is 18.7. The van der Waals surface area contributed by atoms with Crippen LogP contribution < -0.4 is 10.6 Å². The minimum Gasteiger partial charge on any atom is -0.508 e. The van der Waals surface area contributed by atoms with Crippen LogP contribution in [0.25, 0.3) is 0 Å². The predicted molar refractivity (Wildman–Crippen MR) is 121 cm³/mol. The van der Waals surface area contributed by atoms with Crippen molar-refractivity contribution < 1.29 is 18.7 Å². The van der Waals surface area contributed by atoms with Crippen molar-refractivity contribution in [3.63, 3.8) is 0 Å². The average molecular weight is 481 g/mol. The number of aromatic nitrogens is 2. The summed E-state index contributed by atoms with van der Waals surface area (Å²) in [5.74, 6) is -2.24. The van der Waals surface area contributed by atoms with Crippen LogP contribution in [0.5, 0.6) is 5.75 Å². The Morgan fingerprint density at radius 2 is 1.91 bits per heavy atom. The molecule has 0 aliphatic rings. The Labute approximate surface area is 193 Å². The number of benzene rings is 2. The molecule has 0 fully saturated rings. The number of amides is 1. The summed E-state index contributed by atoms with van der Waals surface area (Å²) in [7, 11) is 0. The van der Waals surface area contributed by atoms with Gasteiger partial charge in [0.1, 0.15) is 11.6 Å².